The number of carbonyl (C=O) groups is 1. The third-order valence-corrected chi connectivity index (χ3v) is 3.67. The van der Waals surface area contributed by atoms with Crippen LogP contribution in [-0.2, 0) is 11.3 Å². The van der Waals surface area contributed by atoms with E-state index in [4.69, 9.17) is 9.47 Å². The second kappa shape index (κ2) is 9.26. The van der Waals surface area contributed by atoms with Crippen LogP contribution in [0.2, 0.25) is 0 Å². The fourth-order valence-corrected chi connectivity index (χ4v) is 2.35. The van der Waals surface area contributed by atoms with Gasteiger partial charge >= 0.3 is 0 Å². The molecule has 0 atom stereocenters. The van der Waals surface area contributed by atoms with Gasteiger partial charge in [0.25, 0.3) is 5.69 Å². The maximum Gasteiger partial charge on any atom is 0.292 e. The van der Waals surface area contributed by atoms with Gasteiger partial charge in [0.1, 0.15) is 17.2 Å². The van der Waals surface area contributed by atoms with Crippen LogP contribution in [0.15, 0.2) is 42.5 Å². The molecule has 0 aliphatic carbocycles. The summed E-state index contributed by atoms with van der Waals surface area (Å²) < 4.78 is 10.4. The topological polar surface area (TPSA) is 103 Å². The van der Waals surface area contributed by atoms with Crippen LogP contribution >= 0.6 is 0 Å². The van der Waals surface area contributed by atoms with E-state index in [-0.39, 0.29) is 24.6 Å². The Hall–Kier alpha value is -3.29. The average Bonchev–Trinajstić information content (AvgIpc) is 2.66. The number of amides is 1. The Bertz CT molecular complexity index is 757. The lowest BCUT2D eigenvalue weighted by molar-refractivity contribution is -0.384. The molecule has 0 aliphatic rings. The minimum absolute atomic E-state index is 0.0172. The number of benzene rings is 2. The molecule has 0 aromatic heterocycles. The number of methoxy groups -OCH3 is 2. The lowest BCUT2D eigenvalue weighted by Crippen LogP contribution is -2.25. The fraction of sp³-hybridized carbons (Fsp3) is 0.278. The minimum Gasteiger partial charge on any atom is -0.497 e. The molecule has 2 aromatic rings. The van der Waals surface area contributed by atoms with E-state index >= 15 is 0 Å². The Balaban J connectivity index is 1.84. The second-order valence-electron chi connectivity index (χ2n) is 5.45. The molecule has 0 aliphatic heterocycles. The van der Waals surface area contributed by atoms with Gasteiger partial charge in [0.2, 0.25) is 5.91 Å². The summed E-state index contributed by atoms with van der Waals surface area (Å²) in [6, 6.07) is 11.7. The van der Waals surface area contributed by atoms with Gasteiger partial charge < -0.3 is 20.1 Å². The first-order valence-corrected chi connectivity index (χ1v) is 7.99. The summed E-state index contributed by atoms with van der Waals surface area (Å²) in [5.41, 5.74) is 1.22. The van der Waals surface area contributed by atoms with Gasteiger partial charge in [-0.3, -0.25) is 14.9 Å². The molecular weight excluding hydrogens is 338 g/mol. The monoisotopic (exact) mass is 359 g/mol. The van der Waals surface area contributed by atoms with Gasteiger partial charge in [-0.15, -0.1) is 0 Å². The van der Waals surface area contributed by atoms with Crippen molar-refractivity contribution in [3.05, 3.63) is 58.1 Å². The van der Waals surface area contributed by atoms with Crippen LogP contribution in [0, 0.1) is 10.1 Å². The minimum atomic E-state index is -0.460. The van der Waals surface area contributed by atoms with E-state index in [1.165, 1.54) is 6.07 Å². The van der Waals surface area contributed by atoms with E-state index in [0.717, 1.165) is 5.56 Å². The Labute approximate surface area is 151 Å². The molecule has 0 unspecified atom stereocenters. The molecule has 2 N–H and O–H groups in total. The second-order valence-corrected chi connectivity index (χ2v) is 5.45. The van der Waals surface area contributed by atoms with Crippen LogP contribution in [0.3, 0.4) is 0 Å². The molecule has 8 heteroatoms. The van der Waals surface area contributed by atoms with Crippen molar-refractivity contribution in [2.24, 2.45) is 0 Å². The van der Waals surface area contributed by atoms with Crippen molar-refractivity contribution in [2.75, 3.05) is 26.1 Å². The lowest BCUT2D eigenvalue weighted by Gasteiger charge is -2.10. The number of ether oxygens (including phenoxy) is 2. The molecule has 0 spiro atoms. The maximum absolute atomic E-state index is 12.0. The van der Waals surface area contributed by atoms with Crippen molar-refractivity contribution in [3.8, 4) is 11.5 Å². The molecule has 2 rings (SSSR count). The van der Waals surface area contributed by atoms with Crippen molar-refractivity contribution in [2.45, 2.75) is 13.0 Å². The molecule has 8 nitrogen and oxygen atoms in total. The van der Waals surface area contributed by atoms with Gasteiger partial charge in [0.05, 0.1) is 19.1 Å². The summed E-state index contributed by atoms with van der Waals surface area (Å²) in [5, 5.41) is 16.7. The number of rotatable bonds is 9. The van der Waals surface area contributed by atoms with E-state index in [1.54, 1.807) is 38.5 Å². The number of anilines is 1. The maximum atomic E-state index is 12.0. The highest BCUT2D eigenvalue weighted by Gasteiger charge is 2.12. The number of hydrogen-bond donors (Lipinski definition) is 2. The van der Waals surface area contributed by atoms with E-state index in [1.807, 2.05) is 12.1 Å². The van der Waals surface area contributed by atoms with E-state index in [9.17, 15) is 14.9 Å². The standard InChI is InChI=1S/C18H21N3O5/c1-25-14-9-13(10-15(11-14)26-2)12-20-18(22)7-8-19-16-5-3-4-6-17(16)21(23)24/h3-6,9-11,19H,7-8,12H2,1-2H3,(H,20,22). The van der Waals surface area contributed by atoms with Gasteiger partial charge in [0, 0.05) is 31.6 Å². The Morgan fingerprint density at radius 2 is 1.77 bits per heavy atom. The predicted octanol–water partition coefficient (Wildman–Crippen LogP) is 2.73. The number of nitro groups is 1. The van der Waals surface area contributed by atoms with Crippen LogP contribution in [-0.4, -0.2) is 31.6 Å². The molecule has 0 saturated heterocycles. The predicted molar refractivity (Wildman–Crippen MR) is 97.6 cm³/mol. The number of hydrogen-bond acceptors (Lipinski definition) is 6. The summed E-state index contributed by atoms with van der Waals surface area (Å²) in [7, 11) is 3.12. The number of carbonyl (C=O) groups excluding carboxylic acids is 1. The van der Waals surface area contributed by atoms with Crippen molar-refractivity contribution >= 4 is 17.3 Å². The van der Waals surface area contributed by atoms with Crippen molar-refractivity contribution in [1.29, 1.82) is 0 Å². The van der Waals surface area contributed by atoms with Crippen LogP contribution < -0.4 is 20.1 Å². The first-order chi connectivity index (χ1) is 12.5. The first kappa shape index (κ1) is 19.0. The van der Waals surface area contributed by atoms with Gasteiger partial charge in [0.15, 0.2) is 0 Å². The van der Waals surface area contributed by atoms with E-state index in [2.05, 4.69) is 10.6 Å². The van der Waals surface area contributed by atoms with Crippen LogP contribution in [0.25, 0.3) is 0 Å². The Morgan fingerprint density at radius 1 is 1.12 bits per heavy atom. The van der Waals surface area contributed by atoms with Crippen LogP contribution in [0.4, 0.5) is 11.4 Å². The van der Waals surface area contributed by atoms with Gasteiger partial charge in [-0.1, -0.05) is 12.1 Å². The third-order valence-electron chi connectivity index (χ3n) is 3.67. The Morgan fingerprint density at radius 3 is 2.38 bits per heavy atom. The van der Waals surface area contributed by atoms with Crippen molar-refractivity contribution in [1.82, 2.24) is 5.32 Å². The number of nitrogens with zero attached hydrogens (tertiary/aromatic N) is 1. The number of para-hydroxylation sites is 2. The summed E-state index contributed by atoms with van der Waals surface area (Å²) in [6.07, 6.45) is 0.188. The number of nitrogens with one attached hydrogen (secondary N) is 2. The molecule has 26 heavy (non-hydrogen) atoms. The van der Waals surface area contributed by atoms with Crippen molar-refractivity contribution < 1.29 is 19.2 Å². The zero-order valence-electron chi connectivity index (χ0n) is 14.7. The quantitative estimate of drug-likeness (QED) is 0.527. The highest BCUT2D eigenvalue weighted by molar-refractivity contribution is 5.76. The molecule has 0 radical (unpaired) electrons. The van der Waals surface area contributed by atoms with Gasteiger partial charge in [-0.05, 0) is 23.8 Å². The Kier molecular flexibility index (Phi) is 6.78. The summed E-state index contributed by atoms with van der Waals surface area (Å²) in [4.78, 5) is 22.5. The smallest absolute Gasteiger partial charge is 0.292 e. The molecule has 138 valence electrons. The van der Waals surface area contributed by atoms with Gasteiger partial charge in [-0.2, -0.15) is 0 Å². The third kappa shape index (κ3) is 5.37. The highest BCUT2D eigenvalue weighted by atomic mass is 16.6. The molecule has 0 fully saturated rings. The van der Waals surface area contributed by atoms with E-state index < -0.39 is 4.92 Å². The SMILES string of the molecule is COc1cc(CNC(=O)CCNc2ccccc2[N+](=O)[O-])cc(OC)c1. The molecule has 0 saturated carbocycles. The molecular formula is C18H21N3O5. The summed E-state index contributed by atoms with van der Waals surface area (Å²) >= 11 is 0. The largest absolute Gasteiger partial charge is 0.497 e. The highest BCUT2D eigenvalue weighted by Crippen LogP contribution is 2.23. The van der Waals surface area contributed by atoms with E-state index in [0.29, 0.717) is 23.7 Å². The zero-order valence-corrected chi connectivity index (χ0v) is 14.7. The zero-order chi connectivity index (χ0) is 18.9. The lowest BCUT2D eigenvalue weighted by atomic mass is 10.2. The molecule has 0 heterocycles. The number of nitro benzene ring substituents is 1. The van der Waals surface area contributed by atoms with Gasteiger partial charge in [-0.25, -0.2) is 0 Å². The average molecular weight is 359 g/mol. The van der Waals surface area contributed by atoms with Crippen molar-refractivity contribution in [3.63, 3.8) is 0 Å². The molecule has 2 aromatic carbocycles. The first-order valence-electron chi connectivity index (χ1n) is 7.99. The van der Waals surface area contributed by atoms with Crippen LogP contribution in [0.5, 0.6) is 11.5 Å². The molecule has 0 bridgehead atoms. The fourth-order valence-electron chi connectivity index (χ4n) is 2.35. The van der Waals surface area contributed by atoms with Crippen LogP contribution in [0.1, 0.15) is 12.0 Å². The summed E-state index contributed by atoms with van der Waals surface area (Å²) in [6.45, 7) is 0.621. The summed E-state index contributed by atoms with van der Waals surface area (Å²) in [5.74, 6) is 1.12. The normalized spacial score (nSPS) is 10.1. The molecule has 1 amide bonds.